The van der Waals surface area contributed by atoms with E-state index in [0.29, 0.717) is 28.2 Å². The lowest BCUT2D eigenvalue weighted by Gasteiger charge is -2.12. The van der Waals surface area contributed by atoms with Crippen LogP contribution in [0.25, 0.3) is 28.7 Å². The molecule has 6 nitrogen and oxygen atoms in total. The molecule has 4 rings (SSSR count). The molecule has 30 heavy (non-hydrogen) atoms. The predicted molar refractivity (Wildman–Crippen MR) is 117 cm³/mol. The van der Waals surface area contributed by atoms with E-state index in [-0.39, 0.29) is 11.3 Å². The number of fused-ring (bicyclic) bond motifs is 1. The Labute approximate surface area is 173 Å². The normalized spacial score (nSPS) is 11.1. The maximum atomic E-state index is 13.2. The first-order valence-corrected chi connectivity index (χ1v) is 9.32. The zero-order valence-corrected chi connectivity index (χ0v) is 16.6. The molecule has 0 atom stereocenters. The van der Waals surface area contributed by atoms with Crippen LogP contribution in [0.3, 0.4) is 0 Å². The van der Waals surface area contributed by atoms with Crippen molar-refractivity contribution in [2.45, 2.75) is 0 Å². The molecule has 1 heterocycles. The minimum absolute atomic E-state index is 0.0674. The number of nitrogens with zero attached hydrogens (tertiary/aromatic N) is 2. The van der Waals surface area contributed by atoms with Crippen molar-refractivity contribution in [2.24, 2.45) is 0 Å². The molecule has 0 aliphatic heterocycles. The second kappa shape index (κ2) is 8.13. The average molecular weight is 400 g/mol. The van der Waals surface area contributed by atoms with E-state index in [2.05, 4.69) is 0 Å². The number of phenols is 1. The standard InChI is InChI=1S/C24H20N2O4/c1-29-20-14-16(15-21(30-2)23(20)27)12-13-22-25-19-11-7-6-10-18(19)24(28)26(22)17-8-4-3-5-9-17/h3-15,27H,1-2H3/b13-12+. The summed E-state index contributed by atoms with van der Waals surface area (Å²) in [5, 5.41) is 10.7. The van der Waals surface area contributed by atoms with E-state index in [1.807, 2.05) is 48.5 Å². The van der Waals surface area contributed by atoms with E-state index < -0.39 is 0 Å². The number of aromatic hydroxyl groups is 1. The van der Waals surface area contributed by atoms with Crippen LogP contribution in [0.4, 0.5) is 0 Å². The van der Waals surface area contributed by atoms with Crippen molar-refractivity contribution in [1.82, 2.24) is 9.55 Å². The summed E-state index contributed by atoms with van der Waals surface area (Å²) in [6.45, 7) is 0. The summed E-state index contributed by atoms with van der Waals surface area (Å²) in [7, 11) is 2.94. The van der Waals surface area contributed by atoms with Gasteiger partial charge in [0.05, 0.1) is 30.8 Å². The Bertz CT molecular complexity index is 1270. The number of hydrogen-bond acceptors (Lipinski definition) is 5. The van der Waals surface area contributed by atoms with Gasteiger partial charge in [-0.05, 0) is 48.0 Å². The summed E-state index contributed by atoms with van der Waals surface area (Å²) in [5.41, 5.74) is 1.92. The molecule has 0 amide bonds. The average Bonchev–Trinajstić information content (AvgIpc) is 2.79. The maximum Gasteiger partial charge on any atom is 0.266 e. The Balaban J connectivity index is 1.90. The number of ether oxygens (including phenoxy) is 2. The molecule has 0 saturated heterocycles. The minimum atomic E-state index is -0.146. The third kappa shape index (κ3) is 3.51. The Morgan fingerprint density at radius 2 is 1.53 bits per heavy atom. The van der Waals surface area contributed by atoms with Crippen molar-refractivity contribution in [2.75, 3.05) is 14.2 Å². The van der Waals surface area contributed by atoms with Crippen molar-refractivity contribution in [3.05, 3.63) is 88.5 Å². The van der Waals surface area contributed by atoms with Gasteiger partial charge in [0.2, 0.25) is 5.75 Å². The van der Waals surface area contributed by atoms with Crippen molar-refractivity contribution in [3.8, 4) is 22.9 Å². The van der Waals surface area contributed by atoms with Crippen LogP contribution < -0.4 is 15.0 Å². The van der Waals surface area contributed by atoms with E-state index in [1.54, 1.807) is 34.9 Å². The van der Waals surface area contributed by atoms with Crippen LogP contribution in [0, 0.1) is 0 Å². The molecule has 3 aromatic carbocycles. The number of rotatable bonds is 5. The third-order valence-corrected chi connectivity index (χ3v) is 4.74. The summed E-state index contributed by atoms with van der Waals surface area (Å²) in [4.78, 5) is 17.9. The van der Waals surface area contributed by atoms with Gasteiger partial charge in [-0.25, -0.2) is 4.98 Å². The lowest BCUT2D eigenvalue weighted by atomic mass is 10.1. The number of benzene rings is 3. The van der Waals surface area contributed by atoms with Crippen molar-refractivity contribution >= 4 is 23.1 Å². The second-order valence-electron chi connectivity index (χ2n) is 6.57. The monoisotopic (exact) mass is 400 g/mol. The molecule has 4 aromatic rings. The zero-order valence-electron chi connectivity index (χ0n) is 16.6. The molecule has 150 valence electrons. The minimum Gasteiger partial charge on any atom is -0.502 e. The molecular weight excluding hydrogens is 380 g/mol. The fourth-order valence-corrected chi connectivity index (χ4v) is 3.27. The van der Waals surface area contributed by atoms with E-state index in [1.165, 1.54) is 14.2 Å². The molecule has 0 fully saturated rings. The van der Waals surface area contributed by atoms with Gasteiger partial charge in [0.1, 0.15) is 5.82 Å². The molecule has 0 saturated carbocycles. The van der Waals surface area contributed by atoms with Crippen LogP contribution in [0.1, 0.15) is 11.4 Å². The molecule has 0 unspecified atom stereocenters. The Kier molecular flexibility index (Phi) is 5.22. The van der Waals surface area contributed by atoms with Gasteiger partial charge < -0.3 is 14.6 Å². The van der Waals surface area contributed by atoms with Crippen LogP contribution >= 0.6 is 0 Å². The Morgan fingerprint density at radius 3 is 2.20 bits per heavy atom. The summed E-state index contributed by atoms with van der Waals surface area (Å²) in [6.07, 6.45) is 3.55. The summed E-state index contributed by atoms with van der Waals surface area (Å²) >= 11 is 0. The number of phenolic OH excluding ortho intramolecular Hbond substituents is 1. The number of hydrogen-bond donors (Lipinski definition) is 1. The van der Waals surface area contributed by atoms with Crippen LogP contribution in [0.5, 0.6) is 17.2 Å². The number of para-hydroxylation sites is 2. The highest BCUT2D eigenvalue weighted by molar-refractivity contribution is 5.80. The van der Waals surface area contributed by atoms with Gasteiger partial charge in [0.15, 0.2) is 11.5 Å². The van der Waals surface area contributed by atoms with Crippen LogP contribution in [-0.4, -0.2) is 28.9 Å². The maximum absolute atomic E-state index is 13.2. The molecule has 0 aliphatic rings. The number of methoxy groups -OCH3 is 2. The summed E-state index contributed by atoms with van der Waals surface area (Å²) in [6, 6.07) is 20.0. The van der Waals surface area contributed by atoms with Crippen molar-refractivity contribution < 1.29 is 14.6 Å². The molecule has 0 aliphatic carbocycles. The fourth-order valence-electron chi connectivity index (χ4n) is 3.27. The SMILES string of the molecule is COc1cc(/C=C/c2nc3ccccc3c(=O)n2-c2ccccc2)cc(OC)c1O. The lowest BCUT2D eigenvalue weighted by molar-refractivity contribution is 0.340. The highest BCUT2D eigenvalue weighted by Gasteiger charge is 2.12. The topological polar surface area (TPSA) is 73.6 Å². The van der Waals surface area contributed by atoms with Gasteiger partial charge in [0.25, 0.3) is 5.56 Å². The van der Waals surface area contributed by atoms with Gasteiger partial charge in [0, 0.05) is 0 Å². The van der Waals surface area contributed by atoms with Gasteiger partial charge >= 0.3 is 0 Å². The second-order valence-corrected chi connectivity index (χ2v) is 6.57. The van der Waals surface area contributed by atoms with Crippen molar-refractivity contribution in [3.63, 3.8) is 0 Å². The third-order valence-electron chi connectivity index (χ3n) is 4.74. The van der Waals surface area contributed by atoms with Crippen LogP contribution in [0.2, 0.25) is 0 Å². The van der Waals surface area contributed by atoms with Gasteiger partial charge in [-0.1, -0.05) is 36.4 Å². The number of aromatic nitrogens is 2. The predicted octanol–water partition coefficient (Wildman–Crippen LogP) is 4.28. The molecule has 0 bridgehead atoms. The highest BCUT2D eigenvalue weighted by Crippen LogP contribution is 2.37. The molecule has 0 radical (unpaired) electrons. The van der Waals surface area contributed by atoms with Crippen LogP contribution in [0.15, 0.2) is 71.5 Å². The van der Waals surface area contributed by atoms with Crippen molar-refractivity contribution in [1.29, 1.82) is 0 Å². The molecule has 1 N–H and O–H groups in total. The van der Waals surface area contributed by atoms with Gasteiger partial charge in [-0.2, -0.15) is 0 Å². The first kappa shape index (κ1) is 19.3. The largest absolute Gasteiger partial charge is 0.502 e. The lowest BCUT2D eigenvalue weighted by Crippen LogP contribution is -2.22. The van der Waals surface area contributed by atoms with Gasteiger partial charge in [-0.3, -0.25) is 9.36 Å². The Hall–Kier alpha value is -4.06. The van der Waals surface area contributed by atoms with E-state index in [4.69, 9.17) is 14.5 Å². The first-order chi connectivity index (χ1) is 14.6. The van der Waals surface area contributed by atoms with E-state index >= 15 is 0 Å². The van der Waals surface area contributed by atoms with E-state index in [9.17, 15) is 9.90 Å². The molecule has 0 spiro atoms. The fraction of sp³-hybridized carbons (Fsp3) is 0.0833. The Morgan fingerprint density at radius 1 is 0.900 bits per heavy atom. The molecular formula is C24H20N2O4. The highest BCUT2D eigenvalue weighted by atomic mass is 16.5. The quantitative estimate of drug-likeness (QED) is 0.541. The van der Waals surface area contributed by atoms with Crippen LogP contribution in [-0.2, 0) is 0 Å². The van der Waals surface area contributed by atoms with Gasteiger partial charge in [-0.15, -0.1) is 0 Å². The molecule has 6 heteroatoms. The first-order valence-electron chi connectivity index (χ1n) is 9.32. The smallest absolute Gasteiger partial charge is 0.266 e. The van der Waals surface area contributed by atoms with E-state index in [0.717, 1.165) is 11.3 Å². The summed E-state index contributed by atoms with van der Waals surface area (Å²) in [5.74, 6) is 1.000. The zero-order chi connectivity index (χ0) is 21.1. The summed E-state index contributed by atoms with van der Waals surface area (Å²) < 4.78 is 12.0. The molecule has 1 aromatic heterocycles.